The Morgan fingerprint density at radius 2 is 1.56 bits per heavy atom. The first-order chi connectivity index (χ1) is 12.2. The van der Waals surface area contributed by atoms with Gasteiger partial charge < -0.3 is 10.4 Å². The monoisotopic (exact) mass is 333 g/mol. The highest BCUT2D eigenvalue weighted by Crippen LogP contribution is 2.15. The predicted octanol–water partition coefficient (Wildman–Crippen LogP) is 3.00. The summed E-state index contributed by atoms with van der Waals surface area (Å²) in [6.45, 7) is 0.370. The molecule has 0 fully saturated rings. The first-order valence-electron chi connectivity index (χ1n) is 8.13. The van der Waals surface area contributed by atoms with E-state index in [4.69, 9.17) is 0 Å². The molecule has 0 radical (unpaired) electrons. The minimum Gasteiger partial charge on any atom is -0.388 e. The van der Waals surface area contributed by atoms with Crippen molar-refractivity contribution in [2.75, 3.05) is 6.54 Å². The Morgan fingerprint density at radius 1 is 0.960 bits per heavy atom. The van der Waals surface area contributed by atoms with Crippen LogP contribution in [0.5, 0.6) is 0 Å². The summed E-state index contributed by atoms with van der Waals surface area (Å²) in [4.78, 5) is 20.6. The Hall–Kier alpha value is -3.05. The van der Waals surface area contributed by atoms with Crippen molar-refractivity contribution in [3.05, 3.63) is 84.2 Å². The molecule has 0 bridgehead atoms. The highest BCUT2D eigenvalue weighted by atomic mass is 16.3. The summed E-state index contributed by atoms with van der Waals surface area (Å²) >= 11 is 0. The highest BCUT2D eigenvalue weighted by molar-refractivity contribution is 5.93. The van der Waals surface area contributed by atoms with Crippen LogP contribution in [0.15, 0.2) is 73.1 Å². The minimum atomic E-state index is -0.599. The fraction of sp³-hybridized carbons (Fsp3) is 0.150. The van der Waals surface area contributed by atoms with Crippen LogP contribution < -0.4 is 5.32 Å². The van der Waals surface area contributed by atoms with Crippen molar-refractivity contribution in [3.8, 4) is 11.4 Å². The van der Waals surface area contributed by atoms with Crippen LogP contribution in [0.1, 0.15) is 28.4 Å². The molecule has 1 amide bonds. The number of nitrogens with one attached hydrogen (secondary N) is 1. The van der Waals surface area contributed by atoms with Crippen LogP contribution >= 0.6 is 0 Å². The number of aromatic nitrogens is 2. The molecule has 1 unspecified atom stereocenters. The number of rotatable bonds is 6. The fourth-order valence-corrected chi connectivity index (χ4v) is 2.45. The molecule has 1 atom stereocenters. The maximum atomic E-state index is 12.1. The number of hydrogen-bond acceptors (Lipinski definition) is 4. The number of hydrogen-bond donors (Lipinski definition) is 2. The summed E-state index contributed by atoms with van der Waals surface area (Å²) in [6.07, 6.45) is 2.87. The van der Waals surface area contributed by atoms with Gasteiger partial charge in [0.15, 0.2) is 5.82 Å². The summed E-state index contributed by atoms with van der Waals surface area (Å²) < 4.78 is 0. The van der Waals surface area contributed by atoms with Gasteiger partial charge in [-0.25, -0.2) is 9.97 Å². The topological polar surface area (TPSA) is 75.1 Å². The first-order valence-corrected chi connectivity index (χ1v) is 8.13. The van der Waals surface area contributed by atoms with Gasteiger partial charge in [-0.15, -0.1) is 0 Å². The number of aliphatic hydroxyl groups is 1. The molecule has 5 heteroatoms. The van der Waals surface area contributed by atoms with Crippen LogP contribution in [0.25, 0.3) is 11.4 Å². The first kappa shape index (κ1) is 16.8. The van der Waals surface area contributed by atoms with E-state index in [1.165, 1.54) is 12.4 Å². The predicted molar refractivity (Wildman–Crippen MR) is 95.8 cm³/mol. The van der Waals surface area contributed by atoms with E-state index in [1.807, 2.05) is 60.7 Å². The van der Waals surface area contributed by atoms with E-state index in [2.05, 4.69) is 15.3 Å². The zero-order valence-electron chi connectivity index (χ0n) is 13.7. The number of carbonyl (C=O) groups excluding carboxylic acids is 1. The lowest BCUT2D eigenvalue weighted by atomic mass is 10.1. The quantitative estimate of drug-likeness (QED) is 0.727. The fourth-order valence-electron chi connectivity index (χ4n) is 2.45. The summed E-state index contributed by atoms with van der Waals surface area (Å²) in [6, 6.07) is 19.0. The van der Waals surface area contributed by atoms with Crippen molar-refractivity contribution in [3.63, 3.8) is 0 Å². The molecule has 3 rings (SSSR count). The van der Waals surface area contributed by atoms with Crippen LogP contribution in [0, 0.1) is 0 Å². The largest absolute Gasteiger partial charge is 0.388 e. The number of amides is 1. The Kier molecular flexibility index (Phi) is 5.49. The Morgan fingerprint density at radius 3 is 2.20 bits per heavy atom. The summed E-state index contributed by atoms with van der Waals surface area (Å²) in [5.41, 5.74) is 2.14. The number of aliphatic hydroxyl groups excluding tert-OH is 1. The molecule has 2 aromatic carbocycles. The standard InChI is InChI=1S/C20H19N3O2/c24-18(15-7-3-1-4-8-15)11-12-21-20(25)17-13-22-19(23-14-17)16-9-5-2-6-10-16/h1-10,13-14,18,24H,11-12H2,(H,21,25). The van der Waals surface area contributed by atoms with Crippen molar-refractivity contribution in [1.82, 2.24) is 15.3 Å². The zero-order valence-corrected chi connectivity index (χ0v) is 13.7. The summed E-state index contributed by atoms with van der Waals surface area (Å²) in [7, 11) is 0. The Balaban J connectivity index is 1.53. The molecular formula is C20H19N3O2. The van der Waals surface area contributed by atoms with E-state index in [0.29, 0.717) is 24.4 Å². The van der Waals surface area contributed by atoms with Gasteiger partial charge >= 0.3 is 0 Å². The van der Waals surface area contributed by atoms with Gasteiger partial charge in [0, 0.05) is 24.5 Å². The van der Waals surface area contributed by atoms with Gasteiger partial charge in [-0.1, -0.05) is 60.7 Å². The van der Waals surface area contributed by atoms with Crippen molar-refractivity contribution >= 4 is 5.91 Å². The molecule has 25 heavy (non-hydrogen) atoms. The van der Waals surface area contributed by atoms with Gasteiger partial charge in [-0.3, -0.25) is 4.79 Å². The van der Waals surface area contributed by atoms with Crippen molar-refractivity contribution in [2.45, 2.75) is 12.5 Å². The second-order valence-electron chi connectivity index (χ2n) is 5.63. The van der Waals surface area contributed by atoms with E-state index in [1.54, 1.807) is 0 Å². The maximum absolute atomic E-state index is 12.1. The van der Waals surface area contributed by atoms with E-state index >= 15 is 0 Å². The molecule has 2 N–H and O–H groups in total. The maximum Gasteiger partial charge on any atom is 0.254 e. The molecule has 0 aliphatic heterocycles. The SMILES string of the molecule is O=C(NCCC(O)c1ccccc1)c1cnc(-c2ccccc2)nc1. The minimum absolute atomic E-state index is 0.250. The van der Waals surface area contributed by atoms with Crippen molar-refractivity contribution in [1.29, 1.82) is 0 Å². The van der Waals surface area contributed by atoms with Crippen molar-refractivity contribution in [2.24, 2.45) is 0 Å². The summed E-state index contributed by atoms with van der Waals surface area (Å²) in [5, 5.41) is 12.9. The molecule has 0 saturated heterocycles. The molecule has 126 valence electrons. The lowest BCUT2D eigenvalue weighted by Crippen LogP contribution is -2.26. The molecule has 0 saturated carbocycles. The smallest absolute Gasteiger partial charge is 0.254 e. The second-order valence-corrected chi connectivity index (χ2v) is 5.63. The lowest BCUT2D eigenvalue weighted by Gasteiger charge is -2.11. The van der Waals surface area contributed by atoms with Crippen LogP contribution in [0.2, 0.25) is 0 Å². The average Bonchev–Trinajstić information content (AvgIpc) is 2.69. The molecule has 1 aromatic heterocycles. The summed E-state index contributed by atoms with van der Waals surface area (Å²) in [5.74, 6) is 0.330. The number of carbonyl (C=O) groups is 1. The van der Waals surface area contributed by atoms with Gasteiger partial charge in [0.2, 0.25) is 0 Å². The van der Waals surface area contributed by atoms with Crippen LogP contribution in [-0.4, -0.2) is 27.5 Å². The average molecular weight is 333 g/mol. The third kappa shape index (κ3) is 4.49. The van der Waals surface area contributed by atoms with E-state index in [-0.39, 0.29) is 5.91 Å². The zero-order chi connectivity index (χ0) is 17.5. The molecular weight excluding hydrogens is 314 g/mol. The molecule has 5 nitrogen and oxygen atoms in total. The normalized spacial score (nSPS) is 11.7. The highest BCUT2D eigenvalue weighted by Gasteiger charge is 2.10. The second kappa shape index (κ2) is 8.17. The molecule has 1 heterocycles. The van der Waals surface area contributed by atoms with E-state index in [0.717, 1.165) is 11.1 Å². The third-order valence-corrected chi connectivity index (χ3v) is 3.83. The lowest BCUT2D eigenvalue weighted by molar-refractivity contribution is 0.0942. The Labute approximate surface area is 146 Å². The van der Waals surface area contributed by atoms with Gasteiger partial charge in [-0.05, 0) is 12.0 Å². The number of nitrogens with zero attached hydrogens (tertiary/aromatic N) is 2. The van der Waals surface area contributed by atoms with E-state index in [9.17, 15) is 9.90 Å². The van der Waals surface area contributed by atoms with Gasteiger partial charge in [0.05, 0.1) is 11.7 Å². The van der Waals surface area contributed by atoms with E-state index < -0.39 is 6.10 Å². The molecule has 0 aliphatic rings. The van der Waals surface area contributed by atoms with Crippen LogP contribution in [0.4, 0.5) is 0 Å². The van der Waals surface area contributed by atoms with Crippen molar-refractivity contribution < 1.29 is 9.90 Å². The molecule has 3 aromatic rings. The van der Waals surface area contributed by atoms with Gasteiger partial charge in [-0.2, -0.15) is 0 Å². The third-order valence-electron chi connectivity index (χ3n) is 3.83. The van der Waals surface area contributed by atoms with Crippen LogP contribution in [0.3, 0.4) is 0 Å². The van der Waals surface area contributed by atoms with Gasteiger partial charge in [0.25, 0.3) is 5.91 Å². The Bertz CT molecular complexity index is 805. The number of benzene rings is 2. The molecule has 0 aliphatic carbocycles. The van der Waals surface area contributed by atoms with Gasteiger partial charge in [0.1, 0.15) is 0 Å². The molecule has 0 spiro atoms. The van der Waals surface area contributed by atoms with Crippen LogP contribution in [-0.2, 0) is 0 Å².